The van der Waals surface area contributed by atoms with Crippen LogP contribution in [0.4, 0.5) is 0 Å². The fourth-order valence-electron chi connectivity index (χ4n) is 3.01. The molecule has 0 amide bonds. The average molecular weight is 520 g/mol. The van der Waals surface area contributed by atoms with E-state index < -0.39 is 10.1 Å². The molecule has 3 aromatic rings. The van der Waals surface area contributed by atoms with Crippen LogP contribution >= 0.6 is 23.2 Å². The number of rotatable bonds is 8. The molecule has 0 aliphatic rings. The number of nitrogens with zero attached hydrogens (tertiary/aromatic N) is 1. The Labute approximate surface area is 207 Å². The highest BCUT2D eigenvalue weighted by atomic mass is 35.5. The van der Waals surface area contributed by atoms with Crippen LogP contribution in [0.5, 0.6) is 23.0 Å². The topological polar surface area (TPSA) is 94.9 Å². The smallest absolute Gasteiger partial charge is 0.339 e. The number of hydrogen-bond acceptors (Lipinski definition) is 7. The van der Waals surface area contributed by atoms with Crippen molar-refractivity contribution in [3.63, 3.8) is 0 Å². The highest BCUT2D eigenvalue weighted by Crippen LogP contribution is 2.39. The van der Waals surface area contributed by atoms with Crippen LogP contribution in [-0.4, -0.2) is 29.7 Å². The number of benzene rings is 3. The van der Waals surface area contributed by atoms with Crippen LogP contribution in [0, 0.1) is 11.3 Å². The zero-order chi connectivity index (χ0) is 24.9. The zero-order valence-corrected chi connectivity index (χ0v) is 20.7. The third-order valence-corrected chi connectivity index (χ3v) is 6.44. The molecule has 0 aromatic heterocycles. The summed E-state index contributed by atoms with van der Waals surface area (Å²) >= 11 is 12.2. The summed E-state index contributed by atoms with van der Waals surface area (Å²) in [5.41, 5.74) is 1.38. The lowest BCUT2D eigenvalue weighted by Crippen LogP contribution is -2.10. The molecule has 0 spiro atoms. The Balaban J connectivity index is 2.00. The molecule has 34 heavy (non-hydrogen) atoms. The van der Waals surface area contributed by atoms with E-state index in [-0.39, 0.29) is 21.4 Å². The molecular weight excluding hydrogens is 501 g/mol. The van der Waals surface area contributed by atoms with Crippen molar-refractivity contribution in [1.82, 2.24) is 0 Å². The van der Waals surface area contributed by atoms with Gasteiger partial charge in [-0.15, -0.1) is 0 Å². The van der Waals surface area contributed by atoms with Crippen molar-refractivity contribution in [2.75, 3.05) is 21.3 Å². The summed E-state index contributed by atoms with van der Waals surface area (Å²) in [6.07, 6.45) is 1.58. The first kappa shape index (κ1) is 25.2. The van der Waals surface area contributed by atoms with Gasteiger partial charge in [0.2, 0.25) is 5.75 Å². The summed E-state index contributed by atoms with van der Waals surface area (Å²) in [7, 11) is 0.164. The molecule has 0 saturated carbocycles. The van der Waals surface area contributed by atoms with E-state index in [0.29, 0.717) is 33.2 Å². The molecule has 3 aromatic carbocycles. The van der Waals surface area contributed by atoms with E-state index in [1.807, 2.05) is 0 Å². The molecule has 0 bridgehead atoms. The van der Waals surface area contributed by atoms with Gasteiger partial charge in [-0.25, -0.2) is 0 Å². The van der Waals surface area contributed by atoms with E-state index in [0.717, 1.165) is 0 Å². The van der Waals surface area contributed by atoms with Gasteiger partial charge in [-0.05, 0) is 71.8 Å². The van der Waals surface area contributed by atoms with Crippen molar-refractivity contribution in [3.8, 4) is 29.1 Å². The van der Waals surface area contributed by atoms with Gasteiger partial charge in [-0.3, -0.25) is 0 Å². The Hall–Kier alpha value is -3.38. The number of nitriles is 1. The Bertz CT molecular complexity index is 1380. The third kappa shape index (κ3) is 5.57. The van der Waals surface area contributed by atoms with Crippen molar-refractivity contribution < 1.29 is 26.8 Å². The summed E-state index contributed by atoms with van der Waals surface area (Å²) < 4.78 is 46.5. The van der Waals surface area contributed by atoms with Crippen molar-refractivity contribution in [2.45, 2.75) is 4.90 Å². The number of allylic oxidation sites excluding steroid dienone is 1. The number of hydrogen-bond donors (Lipinski definition) is 0. The molecule has 0 saturated heterocycles. The van der Waals surface area contributed by atoms with Crippen LogP contribution in [0.2, 0.25) is 10.0 Å². The van der Waals surface area contributed by atoms with E-state index in [1.54, 1.807) is 24.3 Å². The van der Waals surface area contributed by atoms with Crippen LogP contribution < -0.4 is 18.4 Å². The fourth-order valence-corrected chi connectivity index (χ4v) is 4.40. The van der Waals surface area contributed by atoms with Gasteiger partial charge in [0.25, 0.3) is 0 Å². The van der Waals surface area contributed by atoms with Gasteiger partial charge in [-0.2, -0.15) is 13.7 Å². The van der Waals surface area contributed by atoms with Gasteiger partial charge >= 0.3 is 10.1 Å². The van der Waals surface area contributed by atoms with Crippen molar-refractivity contribution in [2.24, 2.45) is 0 Å². The van der Waals surface area contributed by atoms with Crippen LogP contribution in [0.3, 0.4) is 0 Å². The van der Waals surface area contributed by atoms with E-state index in [1.165, 1.54) is 57.7 Å². The van der Waals surface area contributed by atoms with E-state index in [4.69, 9.17) is 41.6 Å². The van der Waals surface area contributed by atoms with Gasteiger partial charge in [0, 0.05) is 5.02 Å². The maximum absolute atomic E-state index is 12.7. The number of ether oxygens (including phenoxy) is 3. The summed E-state index contributed by atoms with van der Waals surface area (Å²) in [5, 5.41) is 10.1. The summed E-state index contributed by atoms with van der Waals surface area (Å²) in [6.45, 7) is 0. The summed E-state index contributed by atoms with van der Waals surface area (Å²) in [4.78, 5) is -0.0980. The molecule has 7 nitrogen and oxygen atoms in total. The van der Waals surface area contributed by atoms with Crippen molar-refractivity contribution >= 4 is 45.0 Å². The largest absolute Gasteiger partial charge is 0.493 e. The first-order valence-electron chi connectivity index (χ1n) is 9.64. The summed E-state index contributed by atoms with van der Waals surface area (Å²) in [6, 6.07) is 15.7. The first-order chi connectivity index (χ1) is 16.2. The molecule has 3 rings (SSSR count). The predicted molar refractivity (Wildman–Crippen MR) is 130 cm³/mol. The number of halogens is 2. The van der Waals surface area contributed by atoms with Gasteiger partial charge in [0.1, 0.15) is 4.90 Å². The minimum Gasteiger partial charge on any atom is -0.493 e. The standard InChI is InChI=1S/C24H19Cl2NO6S/c1-30-21-9-4-16(13-22(21)31-2)17(14-27)10-15-11-20(26)24(23(12-15)32-3)33-34(28,29)19-7-5-18(25)6-8-19/h4-13H,1-3H3/b17-10+. The average Bonchev–Trinajstić information content (AvgIpc) is 2.83. The third-order valence-electron chi connectivity index (χ3n) is 4.67. The lowest BCUT2D eigenvalue weighted by Gasteiger charge is -2.13. The Kier molecular flexibility index (Phi) is 7.94. The number of methoxy groups -OCH3 is 3. The second-order valence-electron chi connectivity index (χ2n) is 6.77. The van der Waals surface area contributed by atoms with Gasteiger partial charge < -0.3 is 18.4 Å². The molecular formula is C24H19Cl2NO6S. The molecule has 0 N–H and O–H groups in total. The molecule has 0 unspecified atom stereocenters. The lowest BCUT2D eigenvalue weighted by atomic mass is 10.0. The minimum absolute atomic E-state index is 0.0206. The quantitative estimate of drug-likeness (QED) is 0.209. The molecule has 0 atom stereocenters. The Morgan fingerprint density at radius 3 is 2.12 bits per heavy atom. The van der Waals surface area contributed by atoms with Crippen molar-refractivity contribution in [1.29, 1.82) is 5.26 Å². The highest BCUT2D eigenvalue weighted by molar-refractivity contribution is 7.87. The van der Waals surface area contributed by atoms with E-state index in [9.17, 15) is 13.7 Å². The summed E-state index contributed by atoms with van der Waals surface area (Å²) in [5.74, 6) is 0.881. The molecule has 176 valence electrons. The molecule has 0 aliphatic carbocycles. The Morgan fingerprint density at radius 2 is 1.53 bits per heavy atom. The molecule has 0 aliphatic heterocycles. The van der Waals surface area contributed by atoms with E-state index >= 15 is 0 Å². The normalized spacial score (nSPS) is 11.5. The molecule has 0 heterocycles. The highest BCUT2D eigenvalue weighted by Gasteiger charge is 2.22. The lowest BCUT2D eigenvalue weighted by molar-refractivity contribution is 0.355. The molecule has 0 fully saturated rings. The van der Waals surface area contributed by atoms with Crippen LogP contribution in [-0.2, 0) is 10.1 Å². The maximum atomic E-state index is 12.7. The van der Waals surface area contributed by atoms with Gasteiger partial charge in [-0.1, -0.05) is 23.2 Å². The monoisotopic (exact) mass is 519 g/mol. The SMILES string of the molecule is COc1ccc(/C(C#N)=C/c2cc(Cl)c(OS(=O)(=O)c3ccc(Cl)cc3)c(OC)c2)cc1OC. The van der Waals surface area contributed by atoms with Crippen LogP contribution in [0.25, 0.3) is 11.6 Å². The minimum atomic E-state index is -4.20. The molecule has 10 heteroatoms. The van der Waals surface area contributed by atoms with Crippen LogP contribution in [0.1, 0.15) is 11.1 Å². The van der Waals surface area contributed by atoms with E-state index in [2.05, 4.69) is 6.07 Å². The second kappa shape index (κ2) is 10.7. The van der Waals surface area contributed by atoms with Crippen LogP contribution in [0.15, 0.2) is 59.5 Å². The first-order valence-corrected chi connectivity index (χ1v) is 11.8. The zero-order valence-electron chi connectivity index (χ0n) is 18.3. The van der Waals surface area contributed by atoms with Gasteiger partial charge in [0.15, 0.2) is 17.2 Å². The maximum Gasteiger partial charge on any atom is 0.339 e. The fraction of sp³-hybridized carbons (Fsp3) is 0.125. The van der Waals surface area contributed by atoms with Gasteiger partial charge in [0.05, 0.1) is 38.0 Å². The van der Waals surface area contributed by atoms with Crippen molar-refractivity contribution in [3.05, 3.63) is 75.8 Å². The molecule has 0 radical (unpaired) electrons. The predicted octanol–water partition coefficient (Wildman–Crippen LogP) is 5.85. The second-order valence-corrected chi connectivity index (χ2v) is 9.16. The Morgan fingerprint density at radius 1 is 0.882 bits per heavy atom.